The minimum Gasteiger partial charge on any atom is -0.385 e. The van der Waals surface area contributed by atoms with Gasteiger partial charge >= 0.3 is 6.18 Å². The van der Waals surface area contributed by atoms with Gasteiger partial charge in [0, 0.05) is 5.56 Å². The highest BCUT2D eigenvalue weighted by atomic mass is 19.4. The molecule has 0 aliphatic heterocycles. The van der Waals surface area contributed by atoms with E-state index in [-0.39, 0.29) is 17.0 Å². The summed E-state index contributed by atoms with van der Waals surface area (Å²) < 4.78 is 37.7. The van der Waals surface area contributed by atoms with E-state index < -0.39 is 23.6 Å². The lowest BCUT2D eigenvalue weighted by Gasteiger charge is -2.20. The number of benzene rings is 1. The fraction of sp³-hybridized carbons (Fsp3) is 0.533. The second kappa shape index (κ2) is 6.39. The van der Waals surface area contributed by atoms with Crippen molar-refractivity contribution in [2.45, 2.75) is 45.9 Å². The molecule has 1 aromatic rings. The van der Waals surface area contributed by atoms with Crippen molar-refractivity contribution in [3.63, 3.8) is 0 Å². The minimum atomic E-state index is -4.43. The number of carbonyl (C=O) groups is 1. The van der Waals surface area contributed by atoms with Gasteiger partial charge in [0.25, 0.3) is 0 Å². The Morgan fingerprint density at radius 1 is 1.25 bits per heavy atom. The van der Waals surface area contributed by atoms with E-state index in [0.717, 1.165) is 18.2 Å². The monoisotopic (exact) mass is 288 g/mol. The molecule has 0 aliphatic rings. The highest BCUT2D eigenvalue weighted by Crippen LogP contribution is 2.31. The molecule has 1 unspecified atom stereocenters. The van der Waals surface area contributed by atoms with Crippen molar-refractivity contribution in [1.29, 1.82) is 0 Å². The third kappa shape index (κ3) is 3.60. The van der Waals surface area contributed by atoms with E-state index in [4.69, 9.17) is 0 Å². The zero-order chi connectivity index (χ0) is 15.5. The highest BCUT2D eigenvalue weighted by Gasteiger charge is 2.32. The van der Waals surface area contributed by atoms with Gasteiger partial charge in [0.2, 0.25) is 0 Å². The Kier molecular flexibility index (Phi) is 5.34. The Hall–Kier alpha value is -1.36. The molecule has 0 aliphatic carbocycles. The Labute approximate surface area is 116 Å². The normalized spacial score (nSPS) is 13.6. The van der Waals surface area contributed by atoms with Gasteiger partial charge in [-0.15, -0.1) is 0 Å². The van der Waals surface area contributed by atoms with Crippen LogP contribution in [0.2, 0.25) is 0 Å². The molecular formula is C15H19F3O2. The van der Waals surface area contributed by atoms with Crippen LogP contribution in [-0.2, 0) is 6.18 Å². The molecule has 20 heavy (non-hydrogen) atoms. The third-order valence-electron chi connectivity index (χ3n) is 3.58. The summed E-state index contributed by atoms with van der Waals surface area (Å²) in [5, 5.41) is 10.0. The Morgan fingerprint density at radius 3 is 2.20 bits per heavy atom. The van der Waals surface area contributed by atoms with Crippen LogP contribution in [0.25, 0.3) is 0 Å². The first-order chi connectivity index (χ1) is 9.22. The van der Waals surface area contributed by atoms with Gasteiger partial charge < -0.3 is 5.11 Å². The fourth-order valence-electron chi connectivity index (χ4n) is 2.23. The summed E-state index contributed by atoms with van der Waals surface area (Å²) in [4.78, 5) is 12.2. The van der Waals surface area contributed by atoms with E-state index in [1.807, 2.05) is 13.8 Å². The molecule has 0 saturated heterocycles. The molecule has 5 heteroatoms. The van der Waals surface area contributed by atoms with Crippen LogP contribution in [0.5, 0.6) is 0 Å². The number of rotatable bonds is 5. The summed E-state index contributed by atoms with van der Waals surface area (Å²) in [5.41, 5.74) is -0.407. The second-order valence-electron chi connectivity index (χ2n) is 4.91. The van der Waals surface area contributed by atoms with Crippen molar-refractivity contribution < 1.29 is 23.1 Å². The summed E-state index contributed by atoms with van der Waals surface area (Å²) in [6.45, 7) is 5.18. The molecule has 0 heterocycles. The molecule has 2 nitrogen and oxygen atoms in total. The van der Waals surface area contributed by atoms with E-state index in [1.54, 1.807) is 0 Å². The van der Waals surface area contributed by atoms with Gasteiger partial charge in [0.1, 0.15) is 6.10 Å². The molecular weight excluding hydrogens is 269 g/mol. The molecule has 112 valence electrons. The molecule has 0 saturated carbocycles. The number of alkyl halides is 3. The average molecular weight is 288 g/mol. The molecule has 0 aromatic heterocycles. The predicted octanol–water partition coefficient (Wildman–Crippen LogP) is 3.99. The number of aryl methyl sites for hydroxylation is 1. The Bertz CT molecular complexity index is 476. The molecule has 1 atom stereocenters. The van der Waals surface area contributed by atoms with Gasteiger partial charge in [-0.3, -0.25) is 4.79 Å². The van der Waals surface area contributed by atoms with Gasteiger partial charge in [-0.2, -0.15) is 13.2 Å². The SMILES string of the molecule is CCC(CC)C(O)C(=O)c1ccc(C(F)(F)F)cc1C. The molecule has 1 rings (SSSR count). The van der Waals surface area contributed by atoms with Gasteiger partial charge in [0.15, 0.2) is 5.78 Å². The summed E-state index contributed by atoms with van der Waals surface area (Å²) in [7, 11) is 0. The van der Waals surface area contributed by atoms with Crippen LogP contribution in [0.4, 0.5) is 13.2 Å². The first-order valence-electron chi connectivity index (χ1n) is 6.62. The lowest BCUT2D eigenvalue weighted by molar-refractivity contribution is -0.137. The number of ketones is 1. The van der Waals surface area contributed by atoms with E-state index in [1.165, 1.54) is 6.92 Å². The lowest BCUT2D eigenvalue weighted by atomic mass is 9.89. The van der Waals surface area contributed by atoms with Crippen molar-refractivity contribution in [2.24, 2.45) is 5.92 Å². The molecule has 0 bridgehead atoms. The van der Waals surface area contributed by atoms with Crippen molar-refractivity contribution in [3.05, 3.63) is 34.9 Å². The maximum absolute atomic E-state index is 12.6. The number of hydrogen-bond acceptors (Lipinski definition) is 2. The van der Waals surface area contributed by atoms with Gasteiger partial charge in [-0.1, -0.05) is 32.8 Å². The van der Waals surface area contributed by atoms with Crippen LogP contribution in [0, 0.1) is 12.8 Å². The number of aliphatic hydroxyl groups is 1. The zero-order valence-electron chi connectivity index (χ0n) is 11.8. The van der Waals surface area contributed by atoms with Crippen molar-refractivity contribution in [2.75, 3.05) is 0 Å². The number of Topliss-reactive ketones (excluding diaryl/α,β-unsaturated/α-hetero) is 1. The number of aliphatic hydroxyl groups excluding tert-OH is 1. The standard InChI is InChI=1S/C15H19F3O2/c1-4-10(5-2)13(19)14(20)12-7-6-11(8-9(12)3)15(16,17)18/h6-8,10,13,19H,4-5H2,1-3H3. The third-order valence-corrected chi connectivity index (χ3v) is 3.58. The van der Waals surface area contributed by atoms with E-state index in [0.29, 0.717) is 12.8 Å². The number of halogens is 3. The topological polar surface area (TPSA) is 37.3 Å². The van der Waals surface area contributed by atoms with Crippen LogP contribution >= 0.6 is 0 Å². The van der Waals surface area contributed by atoms with E-state index in [2.05, 4.69) is 0 Å². The van der Waals surface area contributed by atoms with Gasteiger partial charge in [-0.25, -0.2) is 0 Å². The van der Waals surface area contributed by atoms with Crippen LogP contribution in [0.3, 0.4) is 0 Å². The quantitative estimate of drug-likeness (QED) is 0.832. The predicted molar refractivity (Wildman–Crippen MR) is 70.6 cm³/mol. The smallest absolute Gasteiger partial charge is 0.385 e. The summed E-state index contributed by atoms with van der Waals surface area (Å²) in [6.07, 6.45) is -4.31. The molecule has 0 fully saturated rings. The van der Waals surface area contributed by atoms with Crippen LogP contribution in [0.1, 0.15) is 48.2 Å². The summed E-state index contributed by atoms with van der Waals surface area (Å²) >= 11 is 0. The lowest BCUT2D eigenvalue weighted by Crippen LogP contribution is -2.29. The first-order valence-corrected chi connectivity index (χ1v) is 6.62. The fourth-order valence-corrected chi connectivity index (χ4v) is 2.23. The summed E-state index contributed by atoms with van der Waals surface area (Å²) in [6, 6.07) is 2.96. The maximum Gasteiger partial charge on any atom is 0.416 e. The summed E-state index contributed by atoms with van der Waals surface area (Å²) in [5.74, 6) is -0.686. The Morgan fingerprint density at radius 2 is 1.80 bits per heavy atom. The van der Waals surface area contributed by atoms with Crippen molar-refractivity contribution in [1.82, 2.24) is 0 Å². The first kappa shape index (κ1) is 16.7. The average Bonchev–Trinajstić information content (AvgIpc) is 2.38. The zero-order valence-corrected chi connectivity index (χ0v) is 11.8. The molecule has 1 aromatic carbocycles. The van der Waals surface area contributed by atoms with E-state index in [9.17, 15) is 23.1 Å². The number of carbonyl (C=O) groups excluding carboxylic acids is 1. The molecule has 0 radical (unpaired) electrons. The molecule has 0 amide bonds. The Balaban J connectivity index is 3.06. The minimum absolute atomic E-state index is 0.150. The van der Waals surface area contributed by atoms with Crippen LogP contribution in [0.15, 0.2) is 18.2 Å². The van der Waals surface area contributed by atoms with Crippen molar-refractivity contribution in [3.8, 4) is 0 Å². The van der Waals surface area contributed by atoms with Crippen molar-refractivity contribution >= 4 is 5.78 Å². The number of hydrogen-bond donors (Lipinski definition) is 1. The highest BCUT2D eigenvalue weighted by molar-refractivity contribution is 6.00. The molecule has 1 N–H and O–H groups in total. The van der Waals surface area contributed by atoms with Gasteiger partial charge in [-0.05, 0) is 30.5 Å². The van der Waals surface area contributed by atoms with Gasteiger partial charge in [0.05, 0.1) is 5.56 Å². The van der Waals surface area contributed by atoms with Crippen LogP contribution < -0.4 is 0 Å². The van der Waals surface area contributed by atoms with E-state index >= 15 is 0 Å². The largest absolute Gasteiger partial charge is 0.416 e. The second-order valence-corrected chi connectivity index (χ2v) is 4.91. The van der Waals surface area contributed by atoms with Crippen LogP contribution in [-0.4, -0.2) is 17.0 Å². The maximum atomic E-state index is 12.6. The molecule has 0 spiro atoms.